The van der Waals surface area contributed by atoms with Gasteiger partial charge in [0.2, 0.25) is 10.0 Å². The van der Waals surface area contributed by atoms with Gasteiger partial charge < -0.3 is 4.74 Å². The first-order valence-corrected chi connectivity index (χ1v) is 8.08. The lowest BCUT2D eigenvalue weighted by Crippen LogP contribution is -2.26. The highest BCUT2D eigenvalue weighted by atomic mass is 35.5. The van der Waals surface area contributed by atoms with Crippen LogP contribution in [-0.4, -0.2) is 28.2 Å². The van der Waals surface area contributed by atoms with Crippen LogP contribution in [0.15, 0.2) is 17.0 Å². The molecular weight excluding hydrogens is 286 g/mol. The van der Waals surface area contributed by atoms with E-state index < -0.39 is 10.0 Å². The van der Waals surface area contributed by atoms with Crippen molar-refractivity contribution in [1.29, 1.82) is 0 Å². The van der Waals surface area contributed by atoms with Crippen LogP contribution in [0.4, 0.5) is 0 Å². The van der Waals surface area contributed by atoms with Crippen molar-refractivity contribution in [2.24, 2.45) is 0 Å². The van der Waals surface area contributed by atoms with Crippen molar-refractivity contribution in [2.75, 3.05) is 19.8 Å². The minimum Gasteiger partial charge on any atom is -0.382 e. The van der Waals surface area contributed by atoms with E-state index in [1.807, 2.05) is 6.92 Å². The monoisotopic (exact) mass is 305 g/mol. The first kappa shape index (κ1) is 16.4. The van der Waals surface area contributed by atoms with Crippen LogP contribution in [0.5, 0.6) is 0 Å². The molecule has 0 amide bonds. The minimum absolute atomic E-state index is 0.283. The van der Waals surface area contributed by atoms with Gasteiger partial charge in [-0.1, -0.05) is 11.6 Å². The number of sulfonamides is 1. The molecule has 1 aromatic rings. The zero-order valence-corrected chi connectivity index (χ0v) is 13.1. The maximum Gasteiger partial charge on any atom is 0.240 e. The normalized spacial score (nSPS) is 11.8. The highest BCUT2D eigenvalue weighted by molar-refractivity contribution is 7.89. The Bertz CT molecular complexity index is 529. The predicted octanol–water partition coefficient (Wildman–Crippen LogP) is 2.66. The van der Waals surface area contributed by atoms with Crippen LogP contribution in [0.25, 0.3) is 0 Å². The van der Waals surface area contributed by atoms with E-state index in [9.17, 15) is 8.42 Å². The second-order valence-corrected chi connectivity index (χ2v) is 6.46. The lowest BCUT2D eigenvalue weighted by Gasteiger charge is -2.11. The Morgan fingerprint density at radius 3 is 2.58 bits per heavy atom. The molecule has 1 N–H and O–H groups in total. The molecular formula is C13H20ClNO3S. The lowest BCUT2D eigenvalue weighted by molar-refractivity contribution is 0.146. The molecule has 0 aliphatic heterocycles. The van der Waals surface area contributed by atoms with Crippen molar-refractivity contribution < 1.29 is 13.2 Å². The van der Waals surface area contributed by atoms with E-state index in [0.717, 1.165) is 5.56 Å². The summed E-state index contributed by atoms with van der Waals surface area (Å²) >= 11 is 5.97. The number of ether oxygens (including phenoxy) is 1. The second kappa shape index (κ2) is 7.24. The molecule has 4 nitrogen and oxygen atoms in total. The summed E-state index contributed by atoms with van der Waals surface area (Å²) in [6, 6.07) is 3.27. The van der Waals surface area contributed by atoms with E-state index in [-0.39, 0.29) is 4.90 Å². The van der Waals surface area contributed by atoms with Crippen LogP contribution in [0.1, 0.15) is 24.5 Å². The average Bonchev–Trinajstić information content (AvgIpc) is 2.33. The average molecular weight is 306 g/mol. The summed E-state index contributed by atoms with van der Waals surface area (Å²) in [4.78, 5) is 0.283. The Labute approximate surface area is 120 Å². The van der Waals surface area contributed by atoms with Gasteiger partial charge in [0.25, 0.3) is 0 Å². The molecule has 6 heteroatoms. The Morgan fingerprint density at radius 2 is 1.95 bits per heavy atom. The van der Waals surface area contributed by atoms with Gasteiger partial charge in [0.05, 0.1) is 4.90 Å². The molecule has 0 saturated heterocycles. The van der Waals surface area contributed by atoms with E-state index in [0.29, 0.717) is 36.8 Å². The van der Waals surface area contributed by atoms with Gasteiger partial charge in [-0.15, -0.1) is 0 Å². The van der Waals surface area contributed by atoms with Crippen LogP contribution in [0.3, 0.4) is 0 Å². The molecule has 1 aromatic carbocycles. The quantitative estimate of drug-likeness (QED) is 0.788. The fraction of sp³-hybridized carbons (Fsp3) is 0.538. The van der Waals surface area contributed by atoms with Crippen LogP contribution < -0.4 is 4.72 Å². The van der Waals surface area contributed by atoms with Gasteiger partial charge >= 0.3 is 0 Å². The second-order valence-electron chi connectivity index (χ2n) is 4.32. The van der Waals surface area contributed by atoms with Crippen LogP contribution in [0.2, 0.25) is 5.02 Å². The zero-order chi connectivity index (χ0) is 14.5. The van der Waals surface area contributed by atoms with Crippen LogP contribution in [0, 0.1) is 13.8 Å². The number of hydrogen-bond acceptors (Lipinski definition) is 3. The molecule has 0 aliphatic rings. The lowest BCUT2D eigenvalue weighted by atomic mass is 10.2. The molecule has 0 spiro atoms. The summed E-state index contributed by atoms with van der Waals surface area (Å²) in [5, 5.41) is 0.577. The molecule has 1 rings (SSSR count). The number of benzene rings is 1. The Morgan fingerprint density at radius 1 is 1.26 bits per heavy atom. The third-order valence-electron chi connectivity index (χ3n) is 2.71. The molecule has 0 aliphatic carbocycles. The molecule has 19 heavy (non-hydrogen) atoms. The largest absolute Gasteiger partial charge is 0.382 e. The first-order chi connectivity index (χ1) is 8.88. The Balaban J connectivity index is 2.75. The van der Waals surface area contributed by atoms with Gasteiger partial charge in [-0.25, -0.2) is 13.1 Å². The summed E-state index contributed by atoms with van der Waals surface area (Å²) in [6.45, 7) is 6.99. The summed E-state index contributed by atoms with van der Waals surface area (Å²) in [7, 11) is -3.48. The van der Waals surface area contributed by atoms with Gasteiger partial charge in [-0.3, -0.25) is 0 Å². The van der Waals surface area contributed by atoms with E-state index in [1.54, 1.807) is 26.0 Å². The molecule has 108 valence electrons. The SMILES string of the molecule is CCOCCCNS(=O)(=O)c1cc(C)c(Cl)cc1C. The number of aryl methyl sites for hydroxylation is 2. The first-order valence-electron chi connectivity index (χ1n) is 6.22. The number of rotatable bonds is 7. The molecule has 0 atom stereocenters. The molecule has 0 unspecified atom stereocenters. The summed E-state index contributed by atoms with van der Waals surface area (Å²) in [5.74, 6) is 0. The van der Waals surface area contributed by atoms with Crippen LogP contribution >= 0.6 is 11.6 Å². The standard InChI is InChI=1S/C13H20ClNO3S/c1-4-18-7-5-6-15-19(16,17)13-9-10(2)12(14)8-11(13)3/h8-9,15H,4-7H2,1-3H3. The maximum atomic E-state index is 12.2. The minimum atomic E-state index is -3.48. The smallest absolute Gasteiger partial charge is 0.240 e. The van der Waals surface area contributed by atoms with Crippen molar-refractivity contribution >= 4 is 21.6 Å². The van der Waals surface area contributed by atoms with Gasteiger partial charge in [0.1, 0.15) is 0 Å². The number of halogens is 1. The van der Waals surface area contributed by atoms with E-state index >= 15 is 0 Å². The van der Waals surface area contributed by atoms with Crippen molar-refractivity contribution in [3.63, 3.8) is 0 Å². The van der Waals surface area contributed by atoms with Gasteiger partial charge in [-0.2, -0.15) is 0 Å². The van der Waals surface area contributed by atoms with E-state index in [4.69, 9.17) is 16.3 Å². The summed E-state index contributed by atoms with van der Waals surface area (Å²) < 4.78 is 32.0. The number of nitrogens with one attached hydrogen (secondary N) is 1. The summed E-state index contributed by atoms with van der Waals surface area (Å²) in [6.07, 6.45) is 0.651. The fourth-order valence-corrected chi connectivity index (χ4v) is 3.25. The van der Waals surface area contributed by atoms with Crippen molar-refractivity contribution in [2.45, 2.75) is 32.1 Å². The van der Waals surface area contributed by atoms with Crippen molar-refractivity contribution in [1.82, 2.24) is 4.72 Å². The summed E-state index contributed by atoms with van der Waals surface area (Å²) in [5.41, 5.74) is 1.40. The number of hydrogen-bond donors (Lipinski definition) is 1. The molecule has 0 radical (unpaired) electrons. The van der Waals surface area contributed by atoms with Gasteiger partial charge in [-0.05, 0) is 50.5 Å². The maximum absolute atomic E-state index is 12.2. The Kier molecular flexibility index (Phi) is 6.26. The zero-order valence-electron chi connectivity index (χ0n) is 11.5. The predicted molar refractivity (Wildman–Crippen MR) is 77.2 cm³/mol. The van der Waals surface area contributed by atoms with Crippen molar-refractivity contribution in [3.8, 4) is 0 Å². The molecule has 0 saturated carbocycles. The highest BCUT2D eigenvalue weighted by Gasteiger charge is 2.17. The third-order valence-corrected chi connectivity index (χ3v) is 4.72. The molecule has 0 heterocycles. The Hall–Kier alpha value is -0.620. The topological polar surface area (TPSA) is 55.4 Å². The molecule has 0 bridgehead atoms. The van der Waals surface area contributed by atoms with E-state index in [1.165, 1.54) is 0 Å². The fourth-order valence-electron chi connectivity index (χ4n) is 1.65. The van der Waals surface area contributed by atoms with Gasteiger partial charge in [0, 0.05) is 24.8 Å². The van der Waals surface area contributed by atoms with Crippen molar-refractivity contribution in [3.05, 3.63) is 28.3 Å². The van der Waals surface area contributed by atoms with E-state index in [2.05, 4.69) is 4.72 Å². The van der Waals surface area contributed by atoms with Crippen LogP contribution in [-0.2, 0) is 14.8 Å². The molecule has 0 fully saturated rings. The van der Waals surface area contributed by atoms with Gasteiger partial charge in [0.15, 0.2) is 0 Å². The molecule has 0 aromatic heterocycles. The highest BCUT2D eigenvalue weighted by Crippen LogP contribution is 2.23. The third kappa shape index (κ3) is 4.76.